The summed E-state index contributed by atoms with van der Waals surface area (Å²) in [6, 6.07) is 0. The van der Waals surface area contributed by atoms with E-state index < -0.39 is 0 Å². The van der Waals surface area contributed by atoms with Crippen LogP contribution in [-0.4, -0.2) is 15.7 Å². The lowest BCUT2D eigenvalue weighted by Gasteiger charge is -1.92. The van der Waals surface area contributed by atoms with Crippen molar-refractivity contribution in [1.82, 2.24) is 9.78 Å². The number of anilines is 1. The number of nitrogen functional groups attached to an aromatic ring is 1. The molecular formula is C7H10ClN3. The van der Waals surface area contributed by atoms with Gasteiger partial charge in [0.15, 0.2) is 0 Å². The normalized spacial score (nSPS) is 11.1. The van der Waals surface area contributed by atoms with Crippen molar-refractivity contribution in [3.63, 3.8) is 0 Å². The Morgan fingerprint density at radius 1 is 1.82 bits per heavy atom. The van der Waals surface area contributed by atoms with Crippen LogP contribution in [0.2, 0.25) is 0 Å². The van der Waals surface area contributed by atoms with Crippen LogP contribution < -0.4 is 5.73 Å². The maximum absolute atomic E-state index is 5.65. The second-order valence-corrected chi connectivity index (χ2v) is 2.47. The van der Waals surface area contributed by atoms with Gasteiger partial charge in [0.25, 0.3) is 0 Å². The molecule has 0 saturated heterocycles. The molecule has 11 heavy (non-hydrogen) atoms. The van der Waals surface area contributed by atoms with Crippen molar-refractivity contribution < 1.29 is 0 Å². The maximum atomic E-state index is 5.65. The van der Waals surface area contributed by atoms with Crippen LogP contribution in [0.1, 0.15) is 5.56 Å². The molecule has 0 bridgehead atoms. The van der Waals surface area contributed by atoms with Crippen molar-refractivity contribution in [2.75, 3.05) is 11.6 Å². The number of allylic oxidation sites excluding steroid dienone is 1. The van der Waals surface area contributed by atoms with Gasteiger partial charge in [-0.05, 0) is 0 Å². The van der Waals surface area contributed by atoms with Crippen LogP contribution in [0.15, 0.2) is 12.3 Å². The summed E-state index contributed by atoms with van der Waals surface area (Å²) in [6.07, 6.45) is 5.39. The summed E-state index contributed by atoms with van der Waals surface area (Å²) in [5.41, 5.74) is 6.56. The zero-order valence-corrected chi connectivity index (χ0v) is 7.04. The van der Waals surface area contributed by atoms with E-state index in [2.05, 4.69) is 5.10 Å². The van der Waals surface area contributed by atoms with Gasteiger partial charge in [-0.1, -0.05) is 12.2 Å². The number of alkyl halides is 1. The minimum atomic E-state index is 0.494. The molecule has 0 unspecified atom stereocenters. The van der Waals surface area contributed by atoms with E-state index in [1.165, 1.54) is 0 Å². The molecule has 0 spiro atoms. The fraction of sp³-hybridized carbons (Fsp3) is 0.286. The van der Waals surface area contributed by atoms with E-state index in [-0.39, 0.29) is 0 Å². The lowest BCUT2D eigenvalue weighted by molar-refractivity contribution is 0.779. The van der Waals surface area contributed by atoms with E-state index in [1.54, 1.807) is 17.9 Å². The van der Waals surface area contributed by atoms with Gasteiger partial charge in [0.05, 0.1) is 6.20 Å². The molecule has 0 radical (unpaired) electrons. The van der Waals surface area contributed by atoms with Crippen molar-refractivity contribution in [3.05, 3.63) is 17.8 Å². The average Bonchev–Trinajstić information content (AvgIpc) is 2.31. The molecule has 2 N–H and O–H groups in total. The molecule has 1 heterocycles. The highest BCUT2D eigenvalue weighted by Gasteiger charge is 1.98. The van der Waals surface area contributed by atoms with E-state index >= 15 is 0 Å². The van der Waals surface area contributed by atoms with Crippen LogP contribution in [0, 0.1) is 0 Å². The first-order valence-corrected chi connectivity index (χ1v) is 3.79. The van der Waals surface area contributed by atoms with Gasteiger partial charge < -0.3 is 5.73 Å². The number of nitrogens with two attached hydrogens (primary N) is 1. The van der Waals surface area contributed by atoms with Crippen LogP contribution in [-0.2, 0) is 7.05 Å². The number of halogens is 1. The highest BCUT2D eigenvalue weighted by atomic mass is 35.5. The molecule has 0 atom stereocenters. The summed E-state index contributed by atoms with van der Waals surface area (Å²) in [7, 11) is 1.80. The highest BCUT2D eigenvalue weighted by molar-refractivity contribution is 6.19. The largest absolute Gasteiger partial charge is 0.383 e. The lowest BCUT2D eigenvalue weighted by atomic mass is 10.3. The zero-order chi connectivity index (χ0) is 8.27. The number of hydrogen-bond acceptors (Lipinski definition) is 2. The molecular weight excluding hydrogens is 162 g/mol. The molecule has 0 aromatic carbocycles. The van der Waals surface area contributed by atoms with Crippen molar-refractivity contribution in [1.29, 1.82) is 0 Å². The highest BCUT2D eigenvalue weighted by Crippen LogP contribution is 2.10. The molecule has 0 saturated carbocycles. The fourth-order valence-corrected chi connectivity index (χ4v) is 0.853. The number of aromatic nitrogens is 2. The summed E-state index contributed by atoms with van der Waals surface area (Å²) in [5.74, 6) is 1.15. The Kier molecular flexibility index (Phi) is 2.54. The summed E-state index contributed by atoms with van der Waals surface area (Å²) < 4.78 is 1.62. The van der Waals surface area contributed by atoms with Gasteiger partial charge in [0, 0.05) is 18.5 Å². The Morgan fingerprint density at radius 3 is 3.00 bits per heavy atom. The number of aryl methyl sites for hydroxylation is 1. The first-order chi connectivity index (χ1) is 5.25. The SMILES string of the molecule is Cn1ncc(C=CCCl)c1N. The molecule has 0 aliphatic carbocycles. The van der Waals surface area contributed by atoms with E-state index in [4.69, 9.17) is 17.3 Å². The van der Waals surface area contributed by atoms with Gasteiger partial charge in [-0.25, -0.2) is 0 Å². The lowest BCUT2D eigenvalue weighted by Crippen LogP contribution is -1.97. The second-order valence-electron chi connectivity index (χ2n) is 2.17. The predicted molar refractivity (Wildman–Crippen MR) is 47.4 cm³/mol. The van der Waals surface area contributed by atoms with Crippen molar-refractivity contribution >= 4 is 23.5 Å². The third-order valence-electron chi connectivity index (χ3n) is 1.40. The number of hydrogen-bond donors (Lipinski definition) is 1. The van der Waals surface area contributed by atoms with Gasteiger partial charge in [0.2, 0.25) is 0 Å². The average molecular weight is 172 g/mol. The first-order valence-electron chi connectivity index (χ1n) is 3.25. The van der Waals surface area contributed by atoms with E-state index in [9.17, 15) is 0 Å². The van der Waals surface area contributed by atoms with E-state index in [0.29, 0.717) is 11.7 Å². The van der Waals surface area contributed by atoms with Gasteiger partial charge in [-0.3, -0.25) is 4.68 Å². The molecule has 0 fully saturated rings. The second kappa shape index (κ2) is 3.44. The maximum Gasteiger partial charge on any atom is 0.128 e. The molecule has 0 amide bonds. The molecule has 1 aromatic heterocycles. The molecule has 1 aromatic rings. The first kappa shape index (κ1) is 8.14. The van der Waals surface area contributed by atoms with E-state index in [0.717, 1.165) is 5.56 Å². The summed E-state index contributed by atoms with van der Waals surface area (Å²) >= 11 is 5.46. The van der Waals surface area contributed by atoms with Crippen LogP contribution >= 0.6 is 11.6 Å². The third-order valence-corrected chi connectivity index (χ3v) is 1.58. The Bertz CT molecular complexity index is 265. The quantitative estimate of drug-likeness (QED) is 0.681. The topological polar surface area (TPSA) is 43.8 Å². The fourth-order valence-electron chi connectivity index (χ4n) is 0.764. The Hall–Kier alpha value is -0.960. The van der Waals surface area contributed by atoms with Crippen molar-refractivity contribution in [2.45, 2.75) is 0 Å². The van der Waals surface area contributed by atoms with Crippen molar-refractivity contribution in [2.24, 2.45) is 7.05 Å². The molecule has 0 aliphatic heterocycles. The minimum Gasteiger partial charge on any atom is -0.383 e. The van der Waals surface area contributed by atoms with Gasteiger partial charge in [0.1, 0.15) is 5.82 Å². The smallest absolute Gasteiger partial charge is 0.128 e. The Morgan fingerprint density at radius 2 is 2.55 bits per heavy atom. The van der Waals surface area contributed by atoms with Gasteiger partial charge >= 0.3 is 0 Å². The Labute approximate surface area is 70.5 Å². The predicted octanol–water partition coefficient (Wildman–Crippen LogP) is 1.25. The number of rotatable bonds is 2. The number of nitrogens with zero attached hydrogens (tertiary/aromatic N) is 2. The summed E-state index contributed by atoms with van der Waals surface area (Å²) in [6.45, 7) is 0. The molecule has 3 nitrogen and oxygen atoms in total. The van der Waals surface area contributed by atoms with Crippen LogP contribution in [0.3, 0.4) is 0 Å². The third kappa shape index (κ3) is 1.74. The zero-order valence-electron chi connectivity index (χ0n) is 6.29. The molecule has 60 valence electrons. The van der Waals surface area contributed by atoms with Crippen molar-refractivity contribution in [3.8, 4) is 0 Å². The van der Waals surface area contributed by atoms with Gasteiger partial charge in [-0.15, -0.1) is 11.6 Å². The standard InChI is InChI=1S/C7H10ClN3/c1-11-7(9)6(5-10-11)3-2-4-8/h2-3,5H,4,9H2,1H3. The monoisotopic (exact) mass is 171 g/mol. The van der Waals surface area contributed by atoms with Crippen LogP contribution in [0.25, 0.3) is 6.08 Å². The molecule has 0 aliphatic rings. The van der Waals surface area contributed by atoms with Crippen LogP contribution in [0.4, 0.5) is 5.82 Å². The molecule has 4 heteroatoms. The summed E-state index contributed by atoms with van der Waals surface area (Å²) in [5, 5.41) is 3.97. The Balaban J connectivity index is 2.87. The van der Waals surface area contributed by atoms with E-state index in [1.807, 2.05) is 12.2 Å². The molecule has 1 rings (SSSR count). The van der Waals surface area contributed by atoms with Crippen LogP contribution in [0.5, 0.6) is 0 Å². The minimum absolute atomic E-state index is 0.494. The summed E-state index contributed by atoms with van der Waals surface area (Å²) in [4.78, 5) is 0. The van der Waals surface area contributed by atoms with Gasteiger partial charge in [-0.2, -0.15) is 5.10 Å².